The fourth-order valence-electron chi connectivity index (χ4n) is 3.43. The molecule has 3 N–H and O–H groups in total. The Hall–Kier alpha value is -0.710. The predicted octanol–water partition coefficient (Wildman–Crippen LogP) is 5.85. The maximum Gasteiger partial charge on any atom is 0.0761 e. The van der Waals surface area contributed by atoms with Crippen LogP contribution in [0.2, 0.25) is 5.02 Å². The molecule has 25 heavy (non-hydrogen) atoms. The van der Waals surface area contributed by atoms with E-state index in [2.05, 4.69) is 6.07 Å². The molecule has 2 atom stereocenters. The molecule has 1 aliphatic rings. The molecule has 136 valence electrons. The van der Waals surface area contributed by atoms with Gasteiger partial charge in [-0.2, -0.15) is 0 Å². The molecule has 0 heterocycles. The van der Waals surface area contributed by atoms with Gasteiger partial charge in [0.05, 0.1) is 12.1 Å². The summed E-state index contributed by atoms with van der Waals surface area (Å²) < 4.78 is 0. The summed E-state index contributed by atoms with van der Waals surface area (Å²) >= 11 is 7.63. The minimum Gasteiger partial charge on any atom is -0.391 e. The lowest BCUT2D eigenvalue weighted by atomic mass is 9.81. The molecule has 2 nitrogen and oxygen atoms in total. The van der Waals surface area contributed by atoms with Crippen LogP contribution >= 0.6 is 35.8 Å². The summed E-state index contributed by atoms with van der Waals surface area (Å²) in [6.45, 7) is 0. The van der Waals surface area contributed by atoms with E-state index in [1.807, 2.05) is 42.5 Å². The second-order valence-electron chi connectivity index (χ2n) is 6.51. The second-order valence-corrected chi connectivity index (χ2v) is 8.06. The van der Waals surface area contributed by atoms with E-state index in [-0.39, 0.29) is 18.4 Å². The highest BCUT2D eigenvalue weighted by molar-refractivity contribution is 7.99. The Kier molecular flexibility index (Phi) is 8.11. The fraction of sp³-hybridized carbons (Fsp3) is 0.400. The zero-order valence-electron chi connectivity index (χ0n) is 14.1. The van der Waals surface area contributed by atoms with E-state index >= 15 is 0 Å². The van der Waals surface area contributed by atoms with Crippen molar-refractivity contribution in [2.75, 3.05) is 0 Å². The number of aliphatic hydroxyl groups excluding tert-OH is 1. The summed E-state index contributed by atoms with van der Waals surface area (Å²) in [7, 11) is 0. The molecule has 3 rings (SSSR count). The van der Waals surface area contributed by atoms with E-state index in [9.17, 15) is 5.11 Å². The van der Waals surface area contributed by atoms with Crippen LogP contribution in [0, 0.1) is 5.92 Å². The Bertz CT molecular complexity index is 659. The van der Waals surface area contributed by atoms with Gasteiger partial charge in [-0.15, -0.1) is 12.4 Å². The summed E-state index contributed by atoms with van der Waals surface area (Å²) in [4.78, 5) is 2.22. The molecule has 1 fully saturated rings. The molecule has 0 aliphatic heterocycles. The third-order valence-corrected chi connectivity index (χ3v) is 6.17. The average molecular weight is 398 g/mol. The Morgan fingerprint density at radius 3 is 2.32 bits per heavy atom. The number of halogens is 2. The molecule has 0 amide bonds. The van der Waals surface area contributed by atoms with Gasteiger partial charge >= 0.3 is 0 Å². The van der Waals surface area contributed by atoms with Crippen molar-refractivity contribution in [1.82, 2.24) is 0 Å². The lowest BCUT2D eigenvalue weighted by Crippen LogP contribution is -2.34. The standard InChI is InChI=1S/C20H24ClNOS.ClH/c21-15-10-12-16(13-11-15)24-18-9-5-4-8-17(18)19(22)20(23)14-6-2-1-3-7-14;/h4-5,8-14,19-20,23H,1-3,6-7,22H2;1H/t19-,20+;/m1./s1. The first-order valence-corrected chi connectivity index (χ1v) is 9.80. The van der Waals surface area contributed by atoms with Crippen LogP contribution in [0.1, 0.15) is 43.7 Å². The second kappa shape index (κ2) is 9.84. The molecule has 0 saturated heterocycles. The monoisotopic (exact) mass is 397 g/mol. The number of nitrogens with two attached hydrogens (primary N) is 1. The Morgan fingerprint density at radius 2 is 1.64 bits per heavy atom. The maximum absolute atomic E-state index is 10.8. The molecule has 0 bridgehead atoms. The van der Waals surface area contributed by atoms with Crippen LogP contribution < -0.4 is 5.73 Å². The van der Waals surface area contributed by atoms with Gasteiger partial charge in [0, 0.05) is 14.8 Å². The van der Waals surface area contributed by atoms with E-state index in [0.29, 0.717) is 5.92 Å². The maximum atomic E-state index is 10.8. The van der Waals surface area contributed by atoms with Crippen molar-refractivity contribution in [2.45, 2.75) is 54.0 Å². The van der Waals surface area contributed by atoms with Crippen molar-refractivity contribution in [3.8, 4) is 0 Å². The molecule has 0 spiro atoms. The molecule has 0 unspecified atom stereocenters. The first-order chi connectivity index (χ1) is 11.6. The Morgan fingerprint density at radius 1 is 1.00 bits per heavy atom. The summed E-state index contributed by atoms with van der Waals surface area (Å²) in [5, 5.41) is 11.5. The Labute approximate surface area is 165 Å². The lowest BCUT2D eigenvalue weighted by Gasteiger charge is -2.31. The minimum absolute atomic E-state index is 0. The summed E-state index contributed by atoms with van der Waals surface area (Å²) in [5.74, 6) is 0.322. The zero-order chi connectivity index (χ0) is 16.9. The van der Waals surface area contributed by atoms with Crippen LogP contribution in [0.4, 0.5) is 0 Å². The van der Waals surface area contributed by atoms with Crippen molar-refractivity contribution in [2.24, 2.45) is 11.7 Å². The minimum atomic E-state index is -0.475. The van der Waals surface area contributed by atoms with Gasteiger partial charge in [-0.3, -0.25) is 0 Å². The van der Waals surface area contributed by atoms with E-state index in [0.717, 1.165) is 33.2 Å². The van der Waals surface area contributed by atoms with E-state index in [1.54, 1.807) is 11.8 Å². The highest BCUT2D eigenvalue weighted by atomic mass is 35.5. The molecule has 1 aliphatic carbocycles. The van der Waals surface area contributed by atoms with E-state index < -0.39 is 6.10 Å². The number of aliphatic hydroxyl groups is 1. The third kappa shape index (κ3) is 5.38. The van der Waals surface area contributed by atoms with Crippen molar-refractivity contribution < 1.29 is 5.11 Å². The smallest absolute Gasteiger partial charge is 0.0761 e. The highest BCUT2D eigenvalue weighted by Crippen LogP contribution is 2.37. The van der Waals surface area contributed by atoms with Crippen LogP contribution in [0.15, 0.2) is 58.3 Å². The fourth-order valence-corrected chi connectivity index (χ4v) is 4.55. The lowest BCUT2D eigenvalue weighted by molar-refractivity contribution is 0.0611. The van der Waals surface area contributed by atoms with Gasteiger partial charge in [0.15, 0.2) is 0 Å². The van der Waals surface area contributed by atoms with Crippen molar-refractivity contribution in [3.05, 3.63) is 59.1 Å². The molecule has 1 saturated carbocycles. The number of hydrogen-bond acceptors (Lipinski definition) is 3. The predicted molar refractivity (Wildman–Crippen MR) is 109 cm³/mol. The summed E-state index contributed by atoms with van der Waals surface area (Å²) in [5.41, 5.74) is 7.49. The molecule has 0 aromatic heterocycles. The SMILES string of the molecule is Cl.N[C@H](c1ccccc1Sc1ccc(Cl)cc1)[C@@H](O)C1CCCCC1. The molecule has 5 heteroatoms. The quantitative estimate of drug-likeness (QED) is 0.664. The van der Waals surface area contributed by atoms with Gasteiger partial charge in [-0.1, -0.05) is 60.8 Å². The van der Waals surface area contributed by atoms with Gasteiger partial charge in [0.2, 0.25) is 0 Å². The first-order valence-electron chi connectivity index (χ1n) is 8.61. The number of hydrogen-bond donors (Lipinski definition) is 2. The van der Waals surface area contributed by atoms with Gasteiger partial charge in [0.1, 0.15) is 0 Å². The number of benzene rings is 2. The zero-order valence-corrected chi connectivity index (χ0v) is 16.5. The van der Waals surface area contributed by atoms with Gasteiger partial charge in [-0.25, -0.2) is 0 Å². The normalized spacial score (nSPS) is 17.6. The molecule has 0 radical (unpaired) electrons. The highest BCUT2D eigenvalue weighted by Gasteiger charge is 2.28. The van der Waals surface area contributed by atoms with Crippen LogP contribution in [0.5, 0.6) is 0 Å². The van der Waals surface area contributed by atoms with Gasteiger partial charge in [0.25, 0.3) is 0 Å². The topological polar surface area (TPSA) is 46.2 Å². The van der Waals surface area contributed by atoms with Gasteiger partial charge < -0.3 is 10.8 Å². The summed E-state index contributed by atoms with van der Waals surface area (Å²) in [6.07, 6.45) is 5.38. The summed E-state index contributed by atoms with van der Waals surface area (Å²) in [6, 6.07) is 15.6. The van der Waals surface area contributed by atoms with Crippen LogP contribution in [0.3, 0.4) is 0 Å². The Balaban J connectivity index is 0.00000225. The molecule has 2 aromatic rings. The van der Waals surface area contributed by atoms with E-state index in [1.165, 1.54) is 19.3 Å². The van der Waals surface area contributed by atoms with Gasteiger partial charge in [-0.05, 0) is 54.7 Å². The van der Waals surface area contributed by atoms with Crippen molar-refractivity contribution in [1.29, 1.82) is 0 Å². The van der Waals surface area contributed by atoms with Crippen LogP contribution in [0.25, 0.3) is 0 Å². The molecular weight excluding hydrogens is 373 g/mol. The van der Waals surface area contributed by atoms with Crippen molar-refractivity contribution >= 4 is 35.8 Å². The van der Waals surface area contributed by atoms with E-state index in [4.69, 9.17) is 17.3 Å². The van der Waals surface area contributed by atoms with Crippen LogP contribution in [-0.2, 0) is 0 Å². The van der Waals surface area contributed by atoms with Crippen LogP contribution in [-0.4, -0.2) is 11.2 Å². The molecular formula is C20H25Cl2NOS. The molecule has 2 aromatic carbocycles. The largest absolute Gasteiger partial charge is 0.391 e. The first kappa shape index (κ1) is 20.6. The van der Waals surface area contributed by atoms with Crippen molar-refractivity contribution in [3.63, 3.8) is 0 Å². The average Bonchev–Trinajstić information content (AvgIpc) is 2.63. The third-order valence-electron chi connectivity index (χ3n) is 4.82. The number of rotatable bonds is 5.